The van der Waals surface area contributed by atoms with Crippen molar-refractivity contribution in [3.05, 3.63) is 106 Å². The Morgan fingerprint density at radius 1 is 0.933 bits per heavy atom. The number of aliphatic hydroxyl groups is 1. The third kappa shape index (κ3) is 4.33. The Bertz CT molecular complexity index is 993. The molecule has 0 aromatic heterocycles. The molecule has 0 radical (unpaired) electrons. The molecule has 156 valence electrons. The SMILES string of the molecule is Cc1ccc(Cc2ccccc2C2(O)CCN(C(C)c3ccccc3)CC2)c(F)c1. The van der Waals surface area contributed by atoms with E-state index in [9.17, 15) is 9.50 Å². The van der Waals surface area contributed by atoms with E-state index in [2.05, 4.69) is 36.1 Å². The van der Waals surface area contributed by atoms with Crippen LogP contribution in [0.5, 0.6) is 0 Å². The summed E-state index contributed by atoms with van der Waals surface area (Å²) in [5.74, 6) is -0.178. The van der Waals surface area contributed by atoms with Crippen LogP contribution in [0.3, 0.4) is 0 Å². The predicted molar refractivity (Wildman–Crippen MR) is 120 cm³/mol. The third-order valence-corrected chi connectivity index (χ3v) is 6.56. The van der Waals surface area contributed by atoms with Crippen LogP contribution in [0.2, 0.25) is 0 Å². The first-order valence-electron chi connectivity index (χ1n) is 10.8. The average molecular weight is 404 g/mol. The molecule has 0 saturated carbocycles. The molecule has 0 bridgehead atoms. The number of rotatable bonds is 5. The first kappa shape index (κ1) is 20.8. The Hall–Kier alpha value is -2.49. The van der Waals surface area contributed by atoms with Crippen molar-refractivity contribution in [1.82, 2.24) is 4.90 Å². The summed E-state index contributed by atoms with van der Waals surface area (Å²) in [5, 5.41) is 11.6. The fourth-order valence-electron chi connectivity index (χ4n) is 4.62. The van der Waals surface area contributed by atoms with E-state index in [4.69, 9.17) is 0 Å². The molecule has 0 amide bonds. The maximum Gasteiger partial charge on any atom is 0.126 e. The van der Waals surface area contributed by atoms with Gasteiger partial charge in [0.15, 0.2) is 0 Å². The molecule has 1 aliphatic rings. The Labute approximate surface area is 179 Å². The lowest BCUT2D eigenvalue weighted by molar-refractivity contribution is -0.0349. The second kappa shape index (κ2) is 8.71. The maximum absolute atomic E-state index is 14.4. The lowest BCUT2D eigenvalue weighted by Crippen LogP contribution is -2.43. The maximum atomic E-state index is 14.4. The van der Waals surface area contributed by atoms with Crippen molar-refractivity contribution in [3.63, 3.8) is 0 Å². The highest BCUT2D eigenvalue weighted by molar-refractivity contribution is 5.38. The van der Waals surface area contributed by atoms with E-state index in [1.807, 2.05) is 49.4 Å². The number of hydrogen-bond donors (Lipinski definition) is 1. The first-order valence-corrected chi connectivity index (χ1v) is 10.8. The molecule has 3 aromatic rings. The molecule has 1 heterocycles. The minimum atomic E-state index is -0.870. The van der Waals surface area contributed by atoms with Crippen LogP contribution >= 0.6 is 0 Å². The molecule has 4 rings (SSSR count). The number of nitrogens with zero attached hydrogens (tertiary/aromatic N) is 1. The molecule has 1 N–H and O–H groups in total. The predicted octanol–water partition coefficient (Wildman–Crippen LogP) is 5.77. The fraction of sp³-hybridized carbons (Fsp3) is 0.333. The van der Waals surface area contributed by atoms with Crippen LogP contribution < -0.4 is 0 Å². The zero-order valence-electron chi connectivity index (χ0n) is 17.8. The summed E-state index contributed by atoms with van der Waals surface area (Å²) >= 11 is 0. The Morgan fingerprint density at radius 3 is 2.30 bits per heavy atom. The minimum Gasteiger partial charge on any atom is -0.385 e. The third-order valence-electron chi connectivity index (χ3n) is 6.56. The Kier molecular flexibility index (Phi) is 6.03. The lowest BCUT2D eigenvalue weighted by atomic mass is 9.80. The van der Waals surface area contributed by atoms with Crippen LogP contribution in [0.1, 0.15) is 53.6 Å². The van der Waals surface area contributed by atoms with Crippen LogP contribution in [0.25, 0.3) is 0 Å². The van der Waals surface area contributed by atoms with E-state index >= 15 is 0 Å². The van der Waals surface area contributed by atoms with Gasteiger partial charge < -0.3 is 5.11 Å². The normalized spacial score (nSPS) is 17.6. The van der Waals surface area contributed by atoms with Gasteiger partial charge in [-0.15, -0.1) is 0 Å². The highest BCUT2D eigenvalue weighted by Crippen LogP contribution is 2.38. The molecule has 3 heteroatoms. The molecule has 1 aliphatic heterocycles. The summed E-state index contributed by atoms with van der Waals surface area (Å²) in [6.07, 6.45) is 1.85. The van der Waals surface area contributed by atoms with Gasteiger partial charge in [0.2, 0.25) is 0 Å². The van der Waals surface area contributed by atoms with Gasteiger partial charge >= 0.3 is 0 Å². The van der Waals surface area contributed by atoms with Crippen LogP contribution in [-0.2, 0) is 12.0 Å². The van der Waals surface area contributed by atoms with Crippen LogP contribution in [0.4, 0.5) is 4.39 Å². The number of hydrogen-bond acceptors (Lipinski definition) is 2. The van der Waals surface area contributed by atoms with Crippen molar-refractivity contribution >= 4 is 0 Å². The summed E-state index contributed by atoms with van der Waals surface area (Å²) in [7, 11) is 0. The Morgan fingerprint density at radius 2 is 1.60 bits per heavy atom. The van der Waals surface area contributed by atoms with Crippen molar-refractivity contribution < 1.29 is 9.50 Å². The van der Waals surface area contributed by atoms with Crippen LogP contribution in [-0.4, -0.2) is 23.1 Å². The molecule has 0 spiro atoms. The molecule has 2 nitrogen and oxygen atoms in total. The van der Waals surface area contributed by atoms with Gasteiger partial charge in [-0.2, -0.15) is 0 Å². The van der Waals surface area contributed by atoms with Gasteiger partial charge in [-0.1, -0.05) is 66.7 Å². The van der Waals surface area contributed by atoms with E-state index in [1.54, 1.807) is 6.07 Å². The van der Waals surface area contributed by atoms with Gasteiger partial charge in [0.1, 0.15) is 5.82 Å². The molecular formula is C27H30FNO. The standard InChI is InChI=1S/C27H30FNO/c1-20-12-13-24(26(28)18-20)19-23-10-6-7-11-25(23)27(30)14-16-29(17-15-27)21(2)22-8-4-3-5-9-22/h3-13,18,21,30H,14-17,19H2,1-2H3. The second-order valence-electron chi connectivity index (χ2n) is 8.58. The van der Waals surface area contributed by atoms with E-state index in [1.165, 1.54) is 5.56 Å². The molecular weight excluding hydrogens is 373 g/mol. The highest BCUT2D eigenvalue weighted by atomic mass is 19.1. The van der Waals surface area contributed by atoms with Gasteiger partial charge in [-0.25, -0.2) is 4.39 Å². The van der Waals surface area contributed by atoms with Gasteiger partial charge in [0.05, 0.1) is 5.60 Å². The fourth-order valence-corrected chi connectivity index (χ4v) is 4.62. The molecule has 30 heavy (non-hydrogen) atoms. The summed E-state index contributed by atoms with van der Waals surface area (Å²) in [4.78, 5) is 2.44. The average Bonchev–Trinajstić information content (AvgIpc) is 2.77. The molecule has 1 atom stereocenters. The number of benzene rings is 3. The molecule has 0 aliphatic carbocycles. The van der Waals surface area contributed by atoms with E-state index in [0.717, 1.165) is 29.8 Å². The molecule has 1 fully saturated rings. The van der Waals surface area contributed by atoms with E-state index in [-0.39, 0.29) is 5.82 Å². The Balaban J connectivity index is 1.52. The number of aryl methyl sites for hydroxylation is 1. The summed E-state index contributed by atoms with van der Waals surface area (Å²) in [5.41, 5.74) is 3.97. The van der Waals surface area contributed by atoms with Crippen molar-refractivity contribution in [2.45, 2.75) is 44.8 Å². The topological polar surface area (TPSA) is 23.5 Å². The number of halogens is 1. The smallest absolute Gasteiger partial charge is 0.126 e. The largest absolute Gasteiger partial charge is 0.385 e. The molecule has 1 unspecified atom stereocenters. The van der Waals surface area contributed by atoms with Crippen molar-refractivity contribution in [2.75, 3.05) is 13.1 Å². The monoisotopic (exact) mass is 403 g/mol. The first-order chi connectivity index (χ1) is 14.5. The quantitative estimate of drug-likeness (QED) is 0.585. The number of likely N-dealkylation sites (tertiary alicyclic amines) is 1. The van der Waals surface area contributed by atoms with Crippen LogP contribution in [0, 0.1) is 12.7 Å². The van der Waals surface area contributed by atoms with Crippen molar-refractivity contribution in [2.24, 2.45) is 0 Å². The van der Waals surface area contributed by atoms with Crippen molar-refractivity contribution in [3.8, 4) is 0 Å². The van der Waals surface area contributed by atoms with Gasteiger partial charge in [0, 0.05) is 25.6 Å². The molecule has 1 saturated heterocycles. The summed E-state index contributed by atoms with van der Waals surface area (Å²) in [6.45, 7) is 5.79. The van der Waals surface area contributed by atoms with Gasteiger partial charge in [-0.3, -0.25) is 4.90 Å². The van der Waals surface area contributed by atoms with Gasteiger partial charge in [-0.05, 0) is 60.6 Å². The summed E-state index contributed by atoms with van der Waals surface area (Å²) in [6, 6.07) is 24.2. The lowest BCUT2D eigenvalue weighted by Gasteiger charge is -2.42. The van der Waals surface area contributed by atoms with Gasteiger partial charge in [0.25, 0.3) is 0 Å². The zero-order valence-corrected chi connectivity index (χ0v) is 17.8. The van der Waals surface area contributed by atoms with E-state index in [0.29, 0.717) is 30.9 Å². The number of piperidine rings is 1. The minimum absolute atomic E-state index is 0.178. The van der Waals surface area contributed by atoms with Crippen molar-refractivity contribution in [1.29, 1.82) is 0 Å². The molecule has 3 aromatic carbocycles. The zero-order chi connectivity index (χ0) is 21.1. The second-order valence-corrected chi connectivity index (χ2v) is 8.58. The van der Waals surface area contributed by atoms with E-state index < -0.39 is 5.60 Å². The summed E-state index contributed by atoms with van der Waals surface area (Å²) < 4.78 is 14.4. The van der Waals surface area contributed by atoms with Crippen LogP contribution in [0.15, 0.2) is 72.8 Å². The highest BCUT2D eigenvalue weighted by Gasteiger charge is 2.36.